The fourth-order valence-corrected chi connectivity index (χ4v) is 3.76. The highest BCUT2D eigenvalue weighted by Gasteiger charge is 2.30. The maximum Gasteiger partial charge on any atom is 0.340 e. The Bertz CT molecular complexity index is 1090. The predicted octanol–water partition coefficient (Wildman–Crippen LogP) is 4.23. The number of hydrogen-bond acceptors (Lipinski definition) is 5. The molecule has 1 fully saturated rings. The largest absolute Gasteiger partial charge is 0.497 e. The Kier molecular flexibility index (Phi) is 5.01. The van der Waals surface area contributed by atoms with Crippen LogP contribution < -0.4 is 9.47 Å². The summed E-state index contributed by atoms with van der Waals surface area (Å²) in [7, 11) is 2.96. The second-order valence-corrected chi connectivity index (χ2v) is 7.23. The van der Waals surface area contributed by atoms with Gasteiger partial charge in [-0.05, 0) is 55.7 Å². The van der Waals surface area contributed by atoms with E-state index in [2.05, 4.69) is 4.57 Å². The van der Waals surface area contributed by atoms with Gasteiger partial charge in [0.25, 0.3) is 0 Å². The van der Waals surface area contributed by atoms with Crippen molar-refractivity contribution in [2.75, 3.05) is 14.2 Å². The number of carbonyl (C=O) groups excluding carboxylic acids is 2. The number of carbonyl (C=O) groups is 2. The topological polar surface area (TPSA) is 66.8 Å². The molecule has 4 rings (SSSR count). The van der Waals surface area contributed by atoms with Gasteiger partial charge in [0.1, 0.15) is 11.5 Å². The van der Waals surface area contributed by atoms with E-state index < -0.39 is 0 Å². The first kappa shape index (κ1) is 19.1. The summed E-state index contributed by atoms with van der Waals surface area (Å²) in [5.41, 5.74) is 3.17. The number of aromatic nitrogens is 1. The fourth-order valence-electron chi connectivity index (χ4n) is 3.76. The van der Waals surface area contributed by atoms with Gasteiger partial charge in [0, 0.05) is 22.6 Å². The molecule has 0 aliphatic heterocycles. The van der Waals surface area contributed by atoms with Gasteiger partial charge in [-0.3, -0.25) is 4.79 Å². The monoisotopic (exact) mass is 393 g/mol. The quantitative estimate of drug-likeness (QED) is 0.463. The maximum absolute atomic E-state index is 12.4. The Labute approximate surface area is 169 Å². The number of fused-ring (bicyclic) bond motifs is 1. The second kappa shape index (κ2) is 7.62. The van der Waals surface area contributed by atoms with Crippen LogP contribution in [0.25, 0.3) is 10.9 Å². The average molecular weight is 393 g/mol. The summed E-state index contributed by atoms with van der Waals surface area (Å²) >= 11 is 0. The standard InChI is InChI=1S/C23H23NO5/c1-14-22(23(26)28-3)19-13-18(9-10-20(19)24(14)16-7-8-16)29-21(25)12-15-5-4-6-17(11-15)27-2/h4-6,9-11,13,16H,7-8,12H2,1-3H3. The molecule has 1 heterocycles. The Morgan fingerprint density at radius 2 is 1.86 bits per heavy atom. The van der Waals surface area contributed by atoms with Crippen LogP contribution in [0.1, 0.15) is 40.5 Å². The minimum absolute atomic E-state index is 0.126. The maximum atomic E-state index is 12.4. The molecule has 29 heavy (non-hydrogen) atoms. The Balaban J connectivity index is 1.62. The summed E-state index contributed by atoms with van der Waals surface area (Å²) in [6.07, 6.45) is 2.33. The molecule has 0 atom stereocenters. The lowest BCUT2D eigenvalue weighted by molar-refractivity contribution is -0.133. The van der Waals surface area contributed by atoms with Crippen molar-refractivity contribution in [1.29, 1.82) is 0 Å². The smallest absolute Gasteiger partial charge is 0.340 e. The molecule has 0 unspecified atom stereocenters. The van der Waals surface area contributed by atoms with E-state index in [1.54, 1.807) is 25.3 Å². The van der Waals surface area contributed by atoms with Crippen LogP contribution in [0, 0.1) is 6.92 Å². The number of hydrogen-bond donors (Lipinski definition) is 0. The van der Waals surface area contributed by atoms with Gasteiger partial charge in [-0.2, -0.15) is 0 Å². The molecule has 1 aromatic heterocycles. The number of ether oxygens (including phenoxy) is 3. The van der Waals surface area contributed by atoms with E-state index in [9.17, 15) is 9.59 Å². The van der Waals surface area contributed by atoms with E-state index in [-0.39, 0.29) is 18.4 Å². The van der Waals surface area contributed by atoms with Crippen LogP contribution in [-0.2, 0) is 16.0 Å². The molecule has 1 saturated carbocycles. The van der Waals surface area contributed by atoms with E-state index in [0.29, 0.717) is 23.1 Å². The Morgan fingerprint density at radius 3 is 2.55 bits per heavy atom. The van der Waals surface area contributed by atoms with E-state index in [1.165, 1.54) is 7.11 Å². The second-order valence-electron chi connectivity index (χ2n) is 7.23. The summed E-state index contributed by atoms with van der Waals surface area (Å²) < 4.78 is 17.9. The Morgan fingerprint density at radius 1 is 1.07 bits per heavy atom. The van der Waals surface area contributed by atoms with E-state index in [1.807, 2.05) is 31.2 Å². The molecule has 0 N–H and O–H groups in total. The molecular formula is C23H23NO5. The molecule has 0 bridgehead atoms. The molecule has 2 aromatic carbocycles. The summed E-state index contributed by atoms with van der Waals surface area (Å²) in [5.74, 6) is 0.335. The first-order valence-electron chi connectivity index (χ1n) is 9.58. The summed E-state index contributed by atoms with van der Waals surface area (Å²) in [6, 6.07) is 13.1. The van der Waals surface area contributed by atoms with Gasteiger partial charge in [-0.1, -0.05) is 12.1 Å². The van der Waals surface area contributed by atoms with E-state index in [4.69, 9.17) is 14.2 Å². The summed E-state index contributed by atoms with van der Waals surface area (Å²) in [4.78, 5) is 24.8. The zero-order valence-corrected chi connectivity index (χ0v) is 16.7. The molecule has 6 heteroatoms. The molecule has 1 aliphatic rings. The lowest BCUT2D eigenvalue weighted by atomic mass is 10.1. The zero-order valence-electron chi connectivity index (χ0n) is 16.7. The predicted molar refractivity (Wildman–Crippen MR) is 109 cm³/mol. The minimum Gasteiger partial charge on any atom is -0.497 e. The van der Waals surface area contributed by atoms with Crippen LogP contribution in [0.5, 0.6) is 11.5 Å². The molecule has 0 radical (unpaired) electrons. The molecule has 0 spiro atoms. The summed E-state index contributed by atoms with van der Waals surface area (Å²) in [6.45, 7) is 1.93. The van der Waals surface area contributed by atoms with Gasteiger partial charge < -0.3 is 18.8 Å². The van der Waals surface area contributed by atoms with Crippen LogP contribution in [0.4, 0.5) is 0 Å². The fraction of sp³-hybridized carbons (Fsp3) is 0.304. The van der Waals surface area contributed by atoms with Crippen molar-refractivity contribution in [2.45, 2.75) is 32.2 Å². The van der Waals surface area contributed by atoms with Crippen molar-refractivity contribution in [2.24, 2.45) is 0 Å². The first-order chi connectivity index (χ1) is 14.0. The van der Waals surface area contributed by atoms with Crippen molar-refractivity contribution in [3.8, 4) is 11.5 Å². The number of nitrogens with zero attached hydrogens (tertiary/aromatic N) is 1. The van der Waals surface area contributed by atoms with Gasteiger partial charge in [-0.15, -0.1) is 0 Å². The number of benzene rings is 2. The first-order valence-corrected chi connectivity index (χ1v) is 9.58. The number of rotatable bonds is 6. The van der Waals surface area contributed by atoms with Crippen molar-refractivity contribution in [1.82, 2.24) is 4.57 Å². The van der Waals surface area contributed by atoms with Crippen molar-refractivity contribution < 1.29 is 23.8 Å². The highest BCUT2D eigenvalue weighted by Crippen LogP contribution is 2.42. The van der Waals surface area contributed by atoms with Crippen molar-refractivity contribution in [3.05, 3.63) is 59.3 Å². The highest BCUT2D eigenvalue weighted by molar-refractivity contribution is 6.06. The van der Waals surface area contributed by atoms with Crippen LogP contribution in [0.3, 0.4) is 0 Å². The molecule has 0 saturated heterocycles. The molecule has 3 aromatic rings. The van der Waals surface area contributed by atoms with Gasteiger partial charge in [-0.25, -0.2) is 4.79 Å². The van der Waals surface area contributed by atoms with Crippen molar-refractivity contribution >= 4 is 22.8 Å². The van der Waals surface area contributed by atoms with Gasteiger partial charge in [0.05, 0.1) is 26.2 Å². The third-order valence-corrected chi connectivity index (χ3v) is 5.24. The zero-order chi connectivity index (χ0) is 20.5. The minimum atomic E-state index is -0.383. The van der Waals surface area contributed by atoms with Gasteiger partial charge >= 0.3 is 11.9 Å². The SMILES string of the molecule is COC(=O)c1c(C)n(C2CC2)c2ccc(OC(=O)Cc3cccc(OC)c3)cc12. The van der Waals surface area contributed by atoms with Crippen molar-refractivity contribution in [3.63, 3.8) is 0 Å². The van der Waals surface area contributed by atoms with Gasteiger partial charge in [0.2, 0.25) is 0 Å². The Hall–Kier alpha value is -3.28. The van der Waals surface area contributed by atoms with Crippen LogP contribution >= 0.6 is 0 Å². The van der Waals surface area contributed by atoms with Crippen LogP contribution in [0.15, 0.2) is 42.5 Å². The molecule has 0 amide bonds. The molecule has 6 nitrogen and oxygen atoms in total. The average Bonchev–Trinajstić information content (AvgIpc) is 3.50. The van der Waals surface area contributed by atoms with Crippen LogP contribution in [-0.4, -0.2) is 30.7 Å². The van der Waals surface area contributed by atoms with Crippen LogP contribution in [0.2, 0.25) is 0 Å². The number of esters is 2. The summed E-state index contributed by atoms with van der Waals surface area (Å²) in [5, 5.41) is 0.743. The highest BCUT2D eigenvalue weighted by atomic mass is 16.5. The lowest BCUT2D eigenvalue weighted by Crippen LogP contribution is -2.11. The normalized spacial score (nSPS) is 13.3. The molecule has 1 aliphatic carbocycles. The number of methoxy groups -OCH3 is 2. The molecular weight excluding hydrogens is 370 g/mol. The molecule has 150 valence electrons. The van der Waals surface area contributed by atoms with E-state index in [0.717, 1.165) is 35.0 Å². The lowest BCUT2D eigenvalue weighted by Gasteiger charge is -2.08. The third kappa shape index (κ3) is 3.70. The van der Waals surface area contributed by atoms with Gasteiger partial charge in [0.15, 0.2) is 0 Å². The van der Waals surface area contributed by atoms with E-state index >= 15 is 0 Å². The third-order valence-electron chi connectivity index (χ3n) is 5.24.